The summed E-state index contributed by atoms with van der Waals surface area (Å²) in [4.78, 5) is 0. The Bertz CT molecular complexity index is 483. The van der Waals surface area contributed by atoms with Crippen molar-refractivity contribution in [1.29, 1.82) is 0 Å². The molecule has 2 heteroatoms. The van der Waals surface area contributed by atoms with E-state index in [2.05, 4.69) is 66.9 Å². The van der Waals surface area contributed by atoms with Gasteiger partial charge >= 0.3 is 0 Å². The summed E-state index contributed by atoms with van der Waals surface area (Å²) in [5.74, 6) is 0.486. The molecule has 106 valence electrons. The van der Waals surface area contributed by atoms with E-state index < -0.39 is 0 Å². The highest BCUT2D eigenvalue weighted by molar-refractivity contribution is 7.98. The molecule has 20 heavy (non-hydrogen) atoms. The molecule has 0 spiro atoms. The van der Waals surface area contributed by atoms with Gasteiger partial charge in [0.25, 0.3) is 0 Å². The van der Waals surface area contributed by atoms with E-state index in [1.165, 1.54) is 11.1 Å². The Kier molecular flexibility index (Phi) is 6.16. The molecule has 0 saturated carbocycles. The second kappa shape index (κ2) is 8.13. The van der Waals surface area contributed by atoms with Crippen LogP contribution in [0.25, 0.3) is 0 Å². The fourth-order valence-electron chi connectivity index (χ4n) is 2.63. The van der Waals surface area contributed by atoms with Crippen LogP contribution in [-0.4, -0.2) is 20.0 Å². The first-order chi connectivity index (χ1) is 9.85. The Hall–Kier alpha value is -1.25. The van der Waals surface area contributed by atoms with Gasteiger partial charge in [0.1, 0.15) is 0 Å². The zero-order chi connectivity index (χ0) is 14.2. The molecule has 0 aliphatic carbocycles. The molecule has 2 aromatic carbocycles. The monoisotopic (exact) mass is 286 g/mol. The van der Waals surface area contributed by atoms with Gasteiger partial charge in [-0.25, -0.2) is 0 Å². The summed E-state index contributed by atoms with van der Waals surface area (Å²) < 4.78 is 5.47. The fraction of sp³-hybridized carbons (Fsp3) is 0.333. The van der Waals surface area contributed by atoms with E-state index in [1.54, 1.807) is 7.11 Å². The number of methoxy groups -OCH3 is 1. The van der Waals surface area contributed by atoms with Crippen LogP contribution in [0.5, 0.6) is 0 Å². The molecule has 0 fully saturated rings. The van der Waals surface area contributed by atoms with E-state index in [9.17, 15) is 0 Å². The molecule has 0 radical (unpaired) electrons. The largest absolute Gasteiger partial charge is 0.384 e. The average molecular weight is 286 g/mol. The summed E-state index contributed by atoms with van der Waals surface area (Å²) in [5, 5.41) is 0.469. The highest BCUT2D eigenvalue weighted by atomic mass is 32.2. The van der Waals surface area contributed by atoms with Crippen LogP contribution in [0.15, 0.2) is 60.7 Å². The molecule has 0 heterocycles. The van der Waals surface area contributed by atoms with Crippen LogP contribution in [0.4, 0.5) is 0 Å². The smallest absolute Gasteiger partial charge is 0.0507 e. The third-order valence-electron chi connectivity index (χ3n) is 3.53. The molecule has 0 bridgehead atoms. The van der Waals surface area contributed by atoms with Gasteiger partial charge in [-0.2, -0.15) is 11.8 Å². The summed E-state index contributed by atoms with van der Waals surface area (Å²) in [6.45, 7) is 0.787. The number of benzene rings is 2. The van der Waals surface area contributed by atoms with Gasteiger partial charge in [-0.1, -0.05) is 60.7 Å². The summed E-state index contributed by atoms with van der Waals surface area (Å²) in [5.41, 5.74) is 2.77. The minimum absolute atomic E-state index is 0.469. The third-order valence-corrected chi connectivity index (χ3v) is 4.70. The van der Waals surface area contributed by atoms with Gasteiger partial charge in [0.2, 0.25) is 0 Å². The molecule has 0 N–H and O–H groups in total. The van der Waals surface area contributed by atoms with Crippen molar-refractivity contribution in [2.45, 2.75) is 11.7 Å². The van der Waals surface area contributed by atoms with E-state index in [0.29, 0.717) is 11.2 Å². The van der Waals surface area contributed by atoms with Crippen molar-refractivity contribution in [2.24, 2.45) is 5.92 Å². The summed E-state index contributed by atoms with van der Waals surface area (Å²) >= 11 is 1.91. The molecule has 1 nitrogen and oxygen atoms in total. The van der Waals surface area contributed by atoms with E-state index in [-0.39, 0.29) is 0 Å². The Balaban J connectivity index is 2.17. The number of hydrogen-bond acceptors (Lipinski definition) is 2. The quantitative estimate of drug-likeness (QED) is 0.736. The lowest BCUT2D eigenvalue weighted by Gasteiger charge is -2.26. The number of hydrogen-bond donors (Lipinski definition) is 0. The Morgan fingerprint density at radius 3 is 2.10 bits per heavy atom. The Morgan fingerprint density at radius 2 is 1.55 bits per heavy atom. The number of thioether (sulfide) groups is 1. The lowest BCUT2D eigenvalue weighted by Crippen LogP contribution is -2.18. The highest BCUT2D eigenvalue weighted by Gasteiger charge is 2.22. The highest BCUT2D eigenvalue weighted by Crippen LogP contribution is 2.36. The van der Waals surface area contributed by atoms with Crippen molar-refractivity contribution in [1.82, 2.24) is 0 Å². The lowest BCUT2D eigenvalue weighted by atomic mass is 9.92. The maximum absolute atomic E-state index is 5.47. The van der Waals surface area contributed by atoms with Gasteiger partial charge in [-0.3, -0.25) is 0 Å². The standard InChI is InChI=1S/C18H22OS/c1-19-14-17(13-15-9-5-3-6-10-15)18(20-2)16-11-7-4-8-12-16/h3-12,17-18H,13-14H2,1-2H3/t17-,18-/m1/s1. The van der Waals surface area contributed by atoms with E-state index >= 15 is 0 Å². The third kappa shape index (κ3) is 4.12. The molecule has 0 aromatic heterocycles. The lowest BCUT2D eigenvalue weighted by molar-refractivity contribution is 0.150. The average Bonchev–Trinajstić information content (AvgIpc) is 2.50. The van der Waals surface area contributed by atoms with Crippen LogP contribution in [0.3, 0.4) is 0 Å². The second-order valence-corrected chi connectivity index (χ2v) is 5.95. The number of ether oxygens (including phenoxy) is 1. The van der Waals surface area contributed by atoms with Gasteiger partial charge in [0, 0.05) is 18.3 Å². The molecule has 0 aliphatic heterocycles. The molecule has 2 aromatic rings. The van der Waals surface area contributed by atoms with Crippen LogP contribution < -0.4 is 0 Å². The molecule has 0 aliphatic rings. The van der Waals surface area contributed by atoms with Crippen molar-refractivity contribution in [3.8, 4) is 0 Å². The topological polar surface area (TPSA) is 9.23 Å². The minimum atomic E-state index is 0.469. The van der Waals surface area contributed by atoms with Crippen LogP contribution in [-0.2, 0) is 11.2 Å². The Morgan fingerprint density at radius 1 is 0.950 bits per heavy atom. The van der Waals surface area contributed by atoms with Crippen LogP contribution in [0.1, 0.15) is 16.4 Å². The second-order valence-electron chi connectivity index (χ2n) is 4.97. The van der Waals surface area contributed by atoms with Crippen molar-refractivity contribution in [3.05, 3.63) is 71.8 Å². The Labute approximate surface area is 126 Å². The van der Waals surface area contributed by atoms with E-state index in [0.717, 1.165) is 13.0 Å². The predicted molar refractivity (Wildman–Crippen MR) is 88.2 cm³/mol. The SMILES string of the molecule is COC[C@@H](Cc1ccccc1)[C@H](SC)c1ccccc1. The zero-order valence-electron chi connectivity index (χ0n) is 12.2. The van der Waals surface area contributed by atoms with Gasteiger partial charge in [0.05, 0.1) is 6.61 Å². The van der Waals surface area contributed by atoms with Crippen LogP contribution in [0.2, 0.25) is 0 Å². The minimum Gasteiger partial charge on any atom is -0.384 e. The molecule has 0 amide bonds. The van der Waals surface area contributed by atoms with E-state index in [1.807, 2.05) is 11.8 Å². The van der Waals surface area contributed by atoms with Gasteiger partial charge in [-0.15, -0.1) is 0 Å². The van der Waals surface area contributed by atoms with Crippen molar-refractivity contribution >= 4 is 11.8 Å². The molecule has 0 saturated heterocycles. The van der Waals surface area contributed by atoms with Crippen molar-refractivity contribution in [2.75, 3.05) is 20.0 Å². The van der Waals surface area contributed by atoms with Crippen LogP contribution in [0, 0.1) is 5.92 Å². The van der Waals surface area contributed by atoms with E-state index in [4.69, 9.17) is 4.74 Å². The molecule has 2 rings (SSSR count). The number of rotatable bonds is 7. The summed E-state index contributed by atoms with van der Waals surface area (Å²) in [6, 6.07) is 21.4. The van der Waals surface area contributed by atoms with Crippen molar-refractivity contribution in [3.63, 3.8) is 0 Å². The molecular formula is C18H22OS. The maximum atomic E-state index is 5.47. The molecule has 2 atom stereocenters. The first-order valence-electron chi connectivity index (χ1n) is 6.95. The first kappa shape index (κ1) is 15.1. The molecular weight excluding hydrogens is 264 g/mol. The molecule has 0 unspecified atom stereocenters. The first-order valence-corrected chi connectivity index (χ1v) is 8.24. The maximum Gasteiger partial charge on any atom is 0.0507 e. The van der Waals surface area contributed by atoms with Gasteiger partial charge in [0.15, 0.2) is 0 Å². The van der Waals surface area contributed by atoms with Gasteiger partial charge < -0.3 is 4.74 Å². The zero-order valence-corrected chi connectivity index (χ0v) is 13.0. The van der Waals surface area contributed by atoms with Crippen molar-refractivity contribution < 1.29 is 4.74 Å². The summed E-state index contributed by atoms with van der Waals surface area (Å²) in [6.07, 6.45) is 3.24. The fourth-order valence-corrected chi connectivity index (χ4v) is 3.62. The normalized spacial score (nSPS) is 13.9. The van der Waals surface area contributed by atoms with Crippen LogP contribution >= 0.6 is 11.8 Å². The predicted octanol–water partition coefficient (Wildman–Crippen LogP) is 4.60. The summed E-state index contributed by atoms with van der Waals surface area (Å²) in [7, 11) is 1.79. The van der Waals surface area contributed by atoms with Gasteiger partial charge in [-0.05, 0) is 23.8 Å².